The normalized spacial score (nSPS) is 11.9. The predicted molar refractivity (Wildman–Crippen MR) is 119 cm³/mol. The first-order chi connectivity index (χ1) is 15.0. The highest BCUT2D eigenvalue weighted by molar-refractivity contribution is 5.83. The highest BCUT2D eigenvalue weighted by Gasteiger charge is 2.20. The SMILES string of the molecule is COc1ccc(CC(=O)N[C@@H](Cc2c[nH]c3ccccc23)c2cc(=O)[nH]c(C)n2)cc1. The minimum absolute atomic E-state index is 0.144. The lowest BCUT2D eigenvalue weighted by Gasteiger charge is -2.19. The number of nitrogens with zero attached hydrogens (tertiary/aromatic N) is 1. The van der Waals surface area contributed by atoms with E-state index in [1.807, 2.05) is 54.7 Å². The van der Waals surface area contributed by atoms with Crippen molar-refractivity contribution in [2.75, 3.05) is 7.11 Å². The second-order valence-corrected chi connectivity index (χ2v) is 7.46. The largest absolute Gasteiger partial charge is 0.497 e. The van der Waals surface area contributed by atoms with Crippen molar-refractivity contribution < 1.29 is 9.53 Å². The van der Waals surface area contributed by atoms with Crippen LogP contribution in [0.5, 0.6) is 5.75 Å². The van der Waals surface area contributed by atoms with Gasteiger partial charge in [0.15, 0.2) is 0 Å². The van der Waals surface area contributed by atoms with Gasteiger partial charge in [-0.15, -0.1) is 0 Å². The Kier molecular flexibility index (Phi) is 5.84. The summed E-state index contributed by atoms with van der Waals surface area (Å²) in [7, 11) is 1.60. The zero-order valence-corrected chi connectivity index (χ0v) is 17.4. The van der Waals surface area contributed by atoms with Crippen LogP contribution in [0.15, 0.2) is 65.6 Å². The minimum atomic E-state index is -0.439. The molecule has 158 valence electrons. The number of hydrogen-bond donors (Lipinski definition) is 3. The molecule has 31 heavy (non-hydrogen) atoms. The van der Waals surface area contributed by atoms with Gasteiger partial charge in [0.05, 0.1) is 25.3 Å². The van der Waals surface area contributed by atoms with Crippen LogP contribution >= 0.6 is 0 Å². The van der Waals surface area contributed by atoms with E-state index in [4.69, 9.17) is 4.74 Å². The average molecular weight is 416 g/mol. The molecule has 1 atom stereocenters. The van der Waals surface area contributed by atoms with E-state index < -0.39 is 6.04 Å². The molecule has 0 saturated heterocycles. The maximum atomic E-state index is 12.8. The maximum absolute atomic E-state index is 12.8. The number of fused-ring (bicyclic) bond motifs is 1. The summed E-state index contributed by atoms with van der Waals surface area (Å²) < 4.78 is 5.17. The molecule has 2 aromatic carbocycles. The summed E-state index contributed by atoms with van der Waals surface area (Å²) in [5.74, 6) is 1.11. The lowest BCUT2D eigenvalue weighted by Crippen LogP contribution is -2.32. The Morgan fingerprint density at radius 1 is 1.16 bits per heavy atom. The number of para-hydroxylation sites is 1. The van der Waals surface area contributed by atoms with Gasteiger partial charge in [-0.3, -0.25) is 9.59 Å². The Hall–Kier alpha value is -3.87. The van der Waals surface area contributed by atoms with Gasteiger partial charge in [0.1, 0.15) is 11.6 Å². The summed E-state index contributed by atoms with van der Waals surface area (Å²) in [5.41, 5.74) is 3.24. The van der Waals surface area contributed by atoms with E-state index in [1.54, 1.807) is 14.0 Å². The Morgan fingerprint density at radius 3 is 2.68 bits per heavy atom. The fourth-order valence-corrected chi connectivity index (χ4v) is 3.71. The fraction of sp³-hybridized carbons (Fsp3) is 0.208. The summed E-state index contributed by atoms with van der Waals surface area (Å²) in [5, 5.41) is 4.15. The van der Waals surface area contributed by atoms with Crippen molar-refractivity contribution in [3.05, 3.63) is 93.8 Å². The van der Waals surface area contributed by atoms with E-state index in [9.17, 15) is 9.59 Å². The van der Waals surface area contributed by atoms with Crippen LogP contribution in [0, 0.1) is 6.92 Å². The third-order valence-corrected chi connectivity index (χ3v) is 5.19. The van der Waals surface area contributed by atoms with Gasteiger partial charge in [-0.1, -0.05) is 30.3 Å². The van der Waals surface area contributed by atoms with Crippen molar-refractivity contribution in [2.24, 2.45) is 0 Å². The smallest absolute Gasteiger partial charge is 0.251 e. The van der Waals surface area contributed by atoms with Crippen molar-refractivity contribution in [1.82, 2.24) is 20.3 Å². The predicted octanol–water partition coefficient (Wildman–Crippen LogP) is 3.21. The molecule has 0 aliphatic rings. The van der Waals surface area contributed by atoms with Gasteiger partial charge < -0.3 is 20.0 Å². The van der Waals surface area contributed by atoms with E-state index >= 15 is 0 Å². The lowest BCUT2D eigenvalue weighted by atomic mass is 10.0. The van der Waals surface area contributed by atoms with Crippen molar-refractivity contribution in [2.45, 2.75) is 25.8 Å². The molecule has 3 N–H and O–H groups in total. The first-order valence-electron chi connectivity index (χ1n) is 10.1. The molecule has 0 spiro atoms. The average Bonchev–Trinajstić information content (AvgIpc) is 3.16. The first kappa shape index (κ1) is 20.4. The molecule has 0 bridgehead atoms. The number of aryl methyl sites for hydroxylation is 1. The van der Waals surface area contributed by atoms with E-state index in [0.717, 1.165) is 27.8 Å². The molecular formula is C24H24N4O3. The third kappa shape index (κ3) is 4.83. The zero-order chi connectivity index (χ0) is 21.8. The Bertz CT molecular complexity index is 1260. The molecule has 0 saturated carbocycles. The molecule has 7 nitrogen and oxygen atoms in total. The van der Waals surface area contributed by atoms with E-state index in [0.29, 0.717) is 17.9 Å². The highest BCUT2D eigenvalue weighted by atomic mass is 16.5. The maximum Gasteiger partial charge on any atom is 0.251 e. The minimum Gasteiger partial charge on any atom is -0.497 e. The van der Waals surface area contributed by atoms with Crippen LogP contribution in [0.25, 0.3) is 10.9 Å². The molecule has 2 aromatic heterocycles. The molecule has 0 aliphatic heterocycles. The summed E-state index contributed by atoms with van der Waals surface area (Å²) >= 11 is 0. The molecule has 2 heterocycles. The van der Waals surface area contributed by atoms with Gasteiger partial charge in [0.25, 0.3) is 5.56 Å². The second-order valence-electron chi connectivity index (χ2n) is 7.46. The molecule has 0 unspecified atom stereocenters. The number of carbonyl (C=O) groups is 1. The number of nitrogens with one attached hydrogen (secondary N) is 3. The number of ether oxygens (including phenoxy) is 1. The van der Waals surface area contributed by atoms with Crippen LogP contribution in [0.2, 0.25) is 0 Å². The number of carbonyl (C=O) groups excluding carboxylic acids is 1. The third-order valence-electron chi connectivity index (χ3n) is 5.19. The summed E-state index contributed by atoms with van der Waals surface area (Å²) in [6.07, 6.45) is 2.66. The van der Waals surface area contributed by atoms with Crippen molar-refractivity contribution in [1.29, 1.82) is 0 Å². The highest BCUT2D eigenvalue weighted by Crippen LogP contribution is 2.24. The number of H-pyrrole nitrogens is 2. The van der Waals surface area contributed by atoms with Gasteiger partial charge >= 0.3 is 0 Å². The lowest BCUT2D eigenvalue weighted by molar-refractivity contribution is -0.121. The van der Waals surface area contributed by atoms with Crippen molar-refractivity contribution in [3.63, 3.8) is 0 Å². The van der Waals surface area contributed by atoms with E-state index in [2.05, 4.69) is 20.3 Å². The summed E-state index contributed by atoms with van der Waals surface area (Å²) in [4.78, 5) is 35.3. The topological polar surface area (TPSA) is 99.9 Å². The van der Waals surface area contributed by atoms with Crippen LogP contribution in [-0.2, 0) is 17.6 Å². The van der Waals surface area contributed by atoms with Gasteiger partial charge in [-0.25, -0.2) is 4.98 Å². The molecule has 4 rings (SSSR count). The van der Waals surface area contributed by atoms with Crippen LogP contribution in [0.4, 0.5) is 0 Å². The number of aromatic amines is 2. The van der Waals surface area contributed by atoms with E-state index in [1.165, 1.54) is 6.07 Å². The molecule has 0 aliphatic carbocycles. The molecule has 0 fully saturated rings. The molecule has 4 aromatic rings. The number of aromatic nitrogens is 3. The van der Waals surface area contributed by atoms with Gasteiger partial charge in [-0.2, -0.15) is 0 Å². The molecular weight excluding hydrogens is 392 g/mol. The number of methoxy groups -OCH3 is 1. The zero-order valence-electron chi connectivity index (χ0n) is 17.4. The van der Waals surface area contributed by atoms with Crippen molar-refractivity contribution in [3.8, 4) is 5.75 Å². The standard InChI is InChI=1S/C24H24N4O3/c1-15-26-22(13-24(30)27-15)21(12-17-14-25-20-6-4-3-5-19(17)20)28-23(29)11-16-7-9-18(31-2)10-8-16/h3-10,13-14,21,25H,11-12H2,1-2H3,(H,28,29)(H,26,27,30)/t21-/m0/s1. The van der Waals surface area contributed by atoms with Crippen molar-refractivity contribution >= 4 is 16.8 Å². The molecule has 7 heteroatoms. The number of rotatable bonds is 7. The summed E-state index contributed by atoms with van der Waals surface area (Å²) in [6.45, 7) is 1.73. The number of hydrogen-bond acceptors (Lipinski definition) is 4. The quantitative estimate of drug-likeness (QED) is 0.431. The van der Waals surface area contributed by atoms with Crippen LogP contribution in [0.3, 0.4) is 0 Å². The monoisotopic (exact) mass is 416 g/mol. The van der Waals surface area contributed by atoms with Crippen LogP contribution in [0.1, 0.15) is 28.7 Å². The Balaban J connectivity index is 1.60. The Morgan fingerprint density at radius 2 is 1.94 bits per heavy atom. The summed E-state index contributed by atoms with van der Waals surface area (Å²) in [6, 6.07) is 16.4. The Labute approximate surface area is 179 Å². The number of benzene rings is 2. The van der Waals surface area contributed by atoms with Gasteiger partial charge in [0, 0.05) is 29.6 Å². The van der Waals surface area contributed by atoms with Gasteiger partial charge in [-0.05, 0) is 36.2 Å². The first-order valence-corrected chi connectivity index (χ1v) is 10.1. The molecule has 0 radical (unpaired) electrons. The van der Waals surface area contributed by atoms with Crippen LogP contribution in [-0.4, -0.2) is 28.0 Å². The second kappa shape index (κ2) is 8.87. The van der Waals surface area contributed by atoms with Crippen LogP contribution < -0.4 is 15.6 Å². The fourth-order valence-electron chi connectivity index (χ4n) is 3.71. The molecule has 1 amide bonds. The number of amides is 1. The van der Waals surface area contributed by atoms with Gasteiger partial charge in [0.2, 0.25) is 5.91 Å². The van der Waals surface area contributed by atoms with E-state index in [-0.39, 0.29) is 17.9 Å².